The lowest BCUT2D eigenvalue weighted by Gasteiger charge is -2.17. The molecule has 0 amide bonds. The summed E-state index contributed by atoms with van der Waals surface area (Å²) in [5.74, 6) is -0.00241. The molecule has 4 heteroatoms. The minimum Gasteiger partial charge on any atom is -0.252 e. The van der Waals surface area contributed by atoms with Crippen LogP contribution < -0.4 is 0 Å². The molecule has 26 heavy (non-hydrogen) atoms. The summed E-state index contributed by atoms with van der Waals surface area (Å²) >= 11 is 6.93. The number of nitrogens with zero attached hydrogens (tertiary/aromatic N) is 1. The lowest BCUT2D eigenvalue weighted by atomic mass is 9.92. The summed E-state index contributed by atoms with van der Waals surface area (Å²) in [5, 5.41) is 0. The van der Waals surface area contributed by atoms with Crippen LogP contribution >= 0.6 is 31.9 Å². The van der Waals surface area contributed by atoms with E-state index in [-0.39, 0.29) is 11.7 Å². The summed E-state index contributed by atoms with van der Waals surface area (Å²) in [6.07, 6.45) is 2.01. The largest absolute Gasteiger partial charge is 0.252 e. The number of hydrogen-bond acceptors (Lipinski definition) is 1. The third kappa shape index (κ3) is 4.30. The molecule has 0 aliphatic heterocycles. The smallest absolute Gasteiger partial charge is 0.123 e. The number of benzene rings is 2. The van der Waals surface area contributed by atoms with Crippen molar-refractivity contribution in [2.75, 3.05) is 0 Å². The van der Waals surface area contributed by atoms with Crippen molar-refractivity contribution >= 4 is 37.9 Å². The average molecular weight is 475 g/mol. The van der Waals surface area contributed by atoms with Crippen LogP contribution in [-0.4, -0.2) is 4.98 Å². The van der Waals surface area contributed by atoms with E-state index in [1.54, 1.807) is 0 Å². The van der Waals surface area contributed by atoms with Gasteiger partial charge in [0, 0.05) is 11.1 Å². The first-order valence-electron chi connectivity index (χ1n) is 8.34. The number of rotatable bonds is 4. The lowest BCUT2D eigenvalue weighted by molar-refractivity contribution is 0.628. The first-order valence-corrected chi connectivity index (χ1v) is 9.93. The molecule has 0 bridgehead atoms. The average Bonchev–Trinajstić information content (AvgIpc) is 2.62. The first-order chi connectivity index (χ1) is 12.5. The second kappa shape index (κ2) is 8.28. The van der Waals surface area contributed by atoms with E-state index in [4.69, 9.17) is 4.98 Å². The van der Waals surface area contributed by atoms with E-state index >= 15 is 0 Å². The SMILES string of the molecule is CC(C)c1nc(-c2ccccc2)cc(-c2ccc(F)cc2)c1C=C(Br)Br. The van der Waals surface area contributed by atoms with Crippen LogP contribution in [0.15, 0.2) is 64.1 Å². The van der Waals surface area contributed by atoms with Gasteiger partial charge in [0.15, 0.2) is 0 Å². The fourth-order valence-corrected chi connectivity index (χ4v) is 3.36. The van der Waals surface area contributed by atoms with E-state index in [1.165, 1.54) is 12.1 Å². The van der Waals surface area contributed by atoms with Crippen LogP contribution in [0.4, 0.5) is 4.39 Å². The highest BCUT2D eigenvalue weighted by molar-refractivity contribution is 9.28. The van der Waals surface area contributed by atoms with Crippen LogP contribution in [-0.2, 0) is 0 Å². The van der Waals surface area contributed by atoms with Gasteiger partial charge in [-0.2, -0.15) is 0 Å². The molecule has 0 radical (unpaired) electrons. The molecule has 0 atom stereocenters. The number of hydrogen-bond donors (Lipinski definition) is 0. The highest BCUT2D eigenvalue weighted by Crippen LogP contribution is 2.36. The van der Waals surface area contributed by atoms with Crippen molar-refractivity contribution in [1.82, 2.24) is 4.98 Å². The maximum atomic E-state index is 13.4. The van der Waals surface area contributed by atoms with Crippen LogP contribution in [0.25, 0.3) is 28.5 Å². The van der Waals surface area contributed by atoms with E-state index in [0.717, 1.165) is 37.0 Å². The molecule has 0 aliphatic rings. The molecule has 1 heterocycles. The van der Waals surface area contributed by atoms with Gasteiger partial charge >= 0.3 is 0 Å². The summed E-state index contributed by atoms with van der Waals surface area (Å²) in [6, 6.07) is 18.8. The Labute approximate surface area is 170 Å². The topological polar surface area (TPSA) is 12.9 Å². The molecule has 0 saturated carbocycles. The first kappa shape index (κ1) is 19.0. The van der Waals surface area contributed by atoms with E-state index in [9.17, 15) is 4.39 Å². The highest BCUT2D eigenvalue weighted by atomic mass is 79.9. The summed E-state index contributed by atoms with van der Waals surface area (Å²) in [4.78, 5) is 4.94. The van der Waals surface area contributed by atoms with Crippen molar-refractivity contribution in [3.05, 3.63) is 81.1 Å². The molecule has 1 aromatic heterocycles. The Morgan fingerprint density at radius 3 is 2.19 bits per heavy atom. The quantitative estimate of drug-likeness (QED) is 0.376. The predicted molar refractivity (Wildman–Crippen MR) is 115 cm³/mol. The van der Waals surface area contributed by atoms with Crippen molar-refractivity contribution in [2.24, 2.45) is 0 Å². The minimum atomic E-state index is -0.242. The number of aromatic nitrogens is 1. The van der Waals surface area contributed by atoms with Crippen molar-refractivity contribution in [2.45, 2.75) is 19.8 Å². The molecule has 0 spiro atoms. The summed E-state index contributed by atoms with van der Waals surface area (Å²) < 4.78 is 14.3. The Bertz CT molecular complexity index is 928. The Hall–Kier alpha value is -1.78. The normalized spacial score (nSPS) is 10.8. The van der Waals surface area contributed by atoms with Crippen molar-refractivity contribution in [1.29, 1.82) is 0 Å². The predicted octanol–water partition coefficient (Wildman–Crippen LogP) is 7.77. The summed E-state index contributed by atoms with van der Waals surface area (Å²) in [5.41, 5.74) is 5.99. The van der Waals surface area contributed by atoms with Gasteiger partial charge in [-0.3, -0.25) is 4.98 Å². The van der Waals surface area contributed by atoms with Crippen LogP contribution in [0, 0.1) is 5.82 Å². The van der Waals surface area contributed by atoms with Gasteiger partial charge in [0.1, 0.15) is 5.82 Å². The molecule has 132 valence electrons. The Morgan fingerprint density at radius 1 is 0.962 bits per heavy atom. The molecule has 0 saturated heterocycles. The van der Waals surface area contributed by atoms with Crippen LogP contribution in [0.1, 0.15) is 31.0 Å². The van der Waals surface area contributed by atoms with Gasteiger partial charge in [-0.1, -0.05) is 56.3 Å². The maximum absolute atomic E-state index is 13.4. The molecule has 0 N–H and O–H groups in total. The standard InChI is InChI=1S/C22H18Br2FN/c1-14(2)22-19(13-21(23)24)18(15-8-10-17(25)11-9-15)12-20(26-22)16-6-4-3-5-7-16/h3-14H,1-2H3. The van der Waals surface area contributed by atoms with Gasteiger partial charge in [-0.15, -0.1) is 0 Å². The van der Waals surface area contributed by atoms with Crippen molar-refractivity contribution in [3.63, 3.8) is 0 Å². The zero-order chi connectivity index (χ0) is 18.7. The molecule has 2 aromatic carbocycles. The van der Waals surface area contributed by atoms with Gasteiger partial charge in [-0.25, -0.2) is 4.39 Å². The highest BCUT2D eigenvalue weighted by Gasteiger charge is 2.16. The second-order valence-corrected chi connectivity index (χ2v) is 9.09. The van der Waals surface area contributed by atoms with Crippen LogP contribution in [0.3, 0.4) is 0 Å². The monoisotopic (exact) mass is 473 g/mol. The van der Waals surface area contributed by atoms with Gasteiger partial charge in [0.05, 0.1) is 14.8 Å². The number of halogens is 3. The van der Waals surface area contributed by atoms with Crippen LogP contribution in [0.2, 0.25) is 0 Å². The van der Waals surface area contributed by atoms with Gasteiger partial charge in [0.25, 0.3) is 0 Å². The third-order valence-corrected chi connectivity index (χ3v) is 4.57. The molecule has 3 rings (SSSR count). The third-order valence-electron chi connectivity index (χ3n) is 4.11. The Kier molecular flexibility index (Phi) is 6.05. The lowest BCUT2D eigenvalue weighted by Crippen LogP contribution is -2.02. The number of pyridine rings is 1. The zero-order valence-corrected chi connectivity index (χ0v) is 17.7. The van der Waals surface area contributed by atoms with Crippen molar-refractivity contribution < 1.29 is 4.39 Å². The molecule has 0 aliphatic carbocycles. The van der Waals surface area contributed by atoms with Crippen LogP contribution in [0.5, 0.6) is 0 Å². The van der Waals surface area contributed by atoms with E-state index < -0.39 is 0 Å². The molecule has 0 fully saturated rings. The van der Waals surface area contributed by atoms with E-state index in [0.29, 0.717) is 0 Å². The van der Waals surface area contributed by atoms with E-state index in [1.807, 2.05) is 36.4 Å². The molecular formula is C22H18Br2FN. The fourth-order valence-electron chi connectivity index (χ4n) is 2.90. The van der Waals surface area contributed by atoms with Crippen molar-refractivity contribution in [3.8, 4) is 22.4 Å². The Morgan fingerprint density at radius 2 is 1.62 bits per heavy atom. The fraction of sp³-hybridized carbons (Fsp3) is 0.136. The molecule has 3 aromatic rings. The molecule has 1 nitrogen and oxygen atoms in total. The zero-order valence-electron chi connectivity index (χ0n) is 14.5. The maximum Gasteiger partial charge on any atom is 0.123 e. The summed E-state index contributed by atoms with van der Waals surface area (Å²) in [6.45, 7) is 4.26. The van der Waals surface area contributed by atoms with Gasteiger partial charge in [-0.05, 0) is 73.2 Å². The second-order valence-electron chi connectivity index (χ2n) is 6.32. The van der Waals surface area contributed by atoms with E-state index in [2.05, 4.69) is 63.9 Å². The van der Waals surface area contributed by atoms with Gasteiger partial charge < -0.3 is 0 Å². The molecule has 0 unspecified atom stereocenters. The summed E-state index contributed by atoms with van der Waals surface area (Å²) in [7, 11) is 0. The minimum absolute atomic E-state index is 0.239. The Balaban J connectivity index is 2.32. The van der Waals surface area contributed by atoms with Gasteiger partial charge in [0.2, 0.25) is 0 Å². The molecular weight excluding hydrogens is 457 g/mol.